The number of hydrogen-bond donors (Lipinski definition) is 0. The quantitative estimate of drug-likeness (QED) is 0.660. The molecule has 0 spiro atoms. The van der Waals surface area contributed by atoms with Gasteiger partial charge in [0, 0.05) is 0 Å². The summed E-state index contributed by atoms with van der Waals surface area (Å²) in [6, 6.07) is 4.39. The summed E-state index contributed by atoms with van der Waals surface area (Å²) < 4.78 is 5.36. The van der Waals surface area contributed by atoms with Crippen molar-refractivity contribution < 1.29 is 4.74 Å². The van der Waals surface area contributed by atoms with E-state index in [0.29, 0.717) is 0 Å². The molecular formula is C13H20O. The molecule has 0 aliphatic rings. The first-order chi connectivity index (χ1) is 6.36. The van der Waals surface area contributed by atoms with E-state index in [1.165, 1.54) is 16.7 Å². The van der Waals surface area contributed by atoms with Gasteiger partial charge in [-0.25, -0.2) is 0 Å². The van der Waals surface area contributed by atoms with E-state index in [4.69, 9.17) is 4.74 Å². The highest BCUT2D eigenvalue weighted by molar-refractivity contribution is 5.44. The largest absolute Gasteiger partial charge is 0.496 e. The van der Waals surface area contributed by atoms with Crippen LogP contribution in [0.3, 0.4) is 0 Å². The first kappa shape index (κ1) is 11.1. The molecule has 14 heavy (non-hydrogen) atoms. The van der Waals surface area contributed by atoms with Crippen LogP contribution < -0.4 is 4.74 Å². The summed E-state index contributed by atoms with van der Waals surface area (Å²) in [4.78, 5) is 0. The topological polar surface area (TPSA) is 9.23 Å². The molecule has 78 valence electrons. The van der Waals surface area contributed by atoms with Crippen LogP contribution in [0, 0.1) is 13.8 Å². The number of ether oxygens (including phenoxy) is 1. The molecule has 0 aliphatic carbocycles. The lowest BCUT2D eigenvalue weighted by atomic mass is 9.85. The summed E-state index contributed by atoms with van der Waals surface area (Å²) >= 11 is 0. The maximum absolute atomic E-state index is 5.36. The highest BCUT2D eigenvalue weighted by Gasteiger charge is 2.16. The first-order valence-corrected chi connectivity index (χ1v) is 5.02. The standard InChI is InChI=1S/C13H20O/c1-9-7-11(13(3,4)5)8-12(14-6)10(9)2/h7-8H,1-6H3. The Morgan fingerprint density at radius 1 is 1.07 bits per heavy atom. The second kappa shape index (κ2) is 3.64. The first-order valence-electron chi connectivity index (χ1n) is 5.02. The lowest BCUT2D eigenvalue weighted by Crippen LogP contribution is -2.12. The third-order valence-corrected chi connectivity index (χ3v) is 2.71. The molecular weight excluding hydrogens is 172 g/mol. The molecule has 1 heteroatoms. The maximum Gasteiger partial charge on any atom is 0.122 e. The Morgan fingerprint density at radius 2 is 1.64 bits per heavy atom. The second-order valence-corrected chi connectivity index (χ2v) is 4.87. The van der Waals surface area contributed by atoms with Crippen molar-refractivity contribution in [2.45, 2.75) is 40.0 Å². The predicted molar refractivity (Wildman–Crippen MR) is 61.2 cm³/mol. The zero-order chi connectivity index (χ0) is 10.9. The van der Waals surface area contributed by atoms with Crippen molar-refractivity contribution in [1.29, 1.82) is 0 Å². The Balaban J connectivity index is 3.30. The van der Waals surface area contributed by atoms with Crippen LogP contribution in [0.2, 0.25) is 0 Å². The number of hydrogen-bond acceptors (Lipinski definition) is 1. The van der Waals surface area contributed by atoms with Crippen molar-refractivity contribution >= 4 is 0 Å². The zero-order valence-electron chi connectivity index (χ0n) is 10.1. The van der Waals surface area contributed by atoms with E-state index in [1.807, 2.05) is 0 Å². The zero-order valence-corrected chi connectivity index (χ0v) is 10.1. The molecule has 0 bridgehead atoms. The van der Waals surface area contributed by atoms with Gasteiger partial charge in [0.1, 0.15) is 5.75 Å². The van der Waals surface area contributed by atoms with Crippen molar-refractivity contribution in [3.05, 3.63) is 28.8 Å². The van der Waals surface area contributed by atoms with Crippen LogP contribution in [-0.4, -0.2) is 7.11 Å². The van der Waals surface area contributed by atoms with Crippen molar-refractivity contribution in [3.8, 4) is 5.75 Å². The SMILES string of the molecule is COc1cc(C(C)(C)C)cc(C)c1C. The van der Waals surface area contributed by atoms with Crippen molar-refractivity contribution in [3.63, 3.8) is 0 Å². The van der Waals surface area contributed by atoms with E-state index < -0.39 is 0 Å². The molecule has 0 aromatic heterocycles. The molecule has 1 rings (SSSR count). The van der Waals surface area contributed by atoms with Gasteiger partial charge in [0.25, 0.3) is 0 Å². The smallest absolute Gasteiger partial charge is 0.122 e. The van der Waals surface area contributed by atoms with Gasteiger partial charge in [0.15, 0.2) is 0 Å². The van der Waals surface area contributed by atoms with E-state index in [1.54, 1.807) is 7.11 Å². The van der Waals surface area contributed by atoms with Crippen LogP contribution in [0.15, 0.2) is 12.1 Å². The Hall–Kier alpha value is -0.980. The van der Waals surface area contributed by atoms with Crippen LogP contribution in [0.25, 0.3) is 0 Å². The lowest BCUT2D eigenvalue weighted by Gasteiger charge is -2.21. The molecule has 0 amide bonds. The van der Waals surface area contributed by atoms with Gasteiger partial charge >= 0.3 is 0 Å². The summed E-state index contributed by atoms with van der Waals surface area (Å²) in [5.41, 5.74) is 4.05. The Kier molecular flexibility index (Phi) is 2.89. The summed E-state index contributed by atoms with van der Waals surface area (Å²) in [7, 11) is 1.73. The number of benzene rings is 1. The summed E-state index contributed by atoms with van der Waals surface area (Å²) in [5, 5.41) is 0. The molecule has 0 heterocycles. The van der Waals surface area contributed by atoms with E-state index in [-0.39, 0.29) is 5.41 Å². The van der Waals surface area contributed by atoms with Crippen molar-refractivity contribution in [1.82, 2.24) is 0 Å². The summed E-state index contributed by atoms with van der Waals surface area (Å²) in [6.45, 7) is 10.9. The second-order valence-electron chi connectivity index (χ2n) is 4.87. The van der Waals surface area contributed by atoms with E-state index >= 15 is 0 Å². The number of methoxy groups -OCH3 is 1. The van der Waals surface area contributed by atoms with Gasteiger partial charge in [-0.15, -0.1) is 0 Å². The summed E-state index contributed by atoms with van der Waals surface area (Å²) in [6.07, 6.45) is 0. The van der Waals surface area contributed by atoms with E-state index in [9.17, 15) is 0 Å². The van der Waals surface area contributed by atoms with Crippen LogP contribution >= 0.6 is 0 Å². The minimum Gasteiger partial charge on any atom is -0.496 e. The average molecular weight is 192 g/mol. The third-order valence-electron chi connectivity index (χ3n) is 2.71. The Morgan fingerprint density at radius 3 is 2.07 bits per heavy atom. The summed E-state index contributed by atoms with van der Waals surface area (Å²) in [5.74, 6) is 0.995. The van der Waals surface area contributed by atoms with Gasteiger partial charge < -0.3 is 4.74 Å². The fraction of sp³-hybridized carbons (Fsp3) is 0.538. The lowest BCUT2D eigenvalue weighted by molar-refractivity contribution is 0.409. The molecule has 0 N–H and O–H groups in total. The van der Waals surface area contributed by atoms with Crippen LogP contribution in [0.5, 0.6) is 5.75 Å². The number of rotatable bonds is 1. The van der Waals surface area contributed by atoms with Gasteiger partial charge in [-0.3, -0.25) is 0 Å². The molecule has 0 unspecified atom stereocenters. The van der Waals surface area contributed by atoms with Gasteiger partial charge in [0.05, 0.1) is 7.11 Å². The minimum absolute atomic E-state index is 0.186. The van der Waals surface area contributed by atoms with E-state index in [2.05, 4.69) is 46.8 Å². The minimum atomic E-state index is 0.186. The molecule has 1 nitrogen and oxygen atoms in total. The Bertz CT molecular complexity index is 332. The fourth-order valence-electron chi connectivity index (χ4n) is 1.47. The average Bonchev–Trinajstić information content (AvgIpc) is 2.07. The van der Waals surface area contributed by atoms with Gasteiger partial charge in [-0.1, -0.05) is 26.8 Å². The molecule has 0 saturated heterocycles. The van der Waals surface area contributed by atoms with Gasteiger partial charge in [-0.2, -0.15) is 0 Å². The monoisotopic (exact) mass is 192 g/mol. The molecule has 0 aliphatic heterocycles. The normalized spacial score (nSPS) is 11.6. The molecule has 0 fully saturated rings. The number of aryl methyl sites for hydroxylation is 1. The molecule has 0 radical (unpaired) electrons. The van der Waals surface area contributed by atoms with E-state index in [0.717, 1.165) is 5.75 Å². The fourth-order valence-corrected chi connectivity index (χ4v) is 1.47. The maximum atomic E-state index is 5.36. The molecule has 1 aromatic rings. The highest BCUT2D eigenvalue weighted by Crippen LogP contribution is 2.30. The molecule has 0 saturated carbocycles. The molecule has 1 aromatic carbocycles. The van der Waals surface area contributed by atoms with Crippen LogP contribution in [0.4, 0.5) is 0 Å². The van der Waals surface area contributed by atoms with Gasteiger partial charge in [-0.05, 0) is 42.0 Å². The van der Waals surface area contributed by atoms with Crippen LogP contribution in [0.1, 0.15) is 37.5 Å². The molecule has 0 atom stereocenters. The highest BCUT2D eigenvalue weighted by atomic mass is 16.5. The Labute approximate surface area is 87.1 Å². The third kappa shape index (κ3) is 2.09. The predicted octanol–water partition coefficient (Wildman–Crippen LogP) is 3.61. The van der Waals surface area contributed by atoms with Gasteiger partial charge in [0.2, 0.25) is 0 Å². The van der Waals surface area contributed by atoms with Crippen molar-refractivity contribution in [2.24, 2.45) is 0 Å². The van der Waals surface area contributed by atoms with Crippen LogP contribution in [-0.2, 0) is 5.41 Å². The van der Waals surface area contributed by atoms with Crippen molar-refractivity contribution in [2.75, 3.05) is 7.11 Å².